The molecule has 108 valence electrons. The molecule has 3 rings (SSSR count). The maximum atomic E-state index is 12.7. The van der Waals surface area contributed by atoms with Gasteiger partial charge in [0.2, 0.25) is 10.0 Å². The second-order valence-electron chi connectivity index (χ2n) is 4.93. The third kappa shape index (κ3) is 2.20. The lowest BCUT2D eigenvalue weighted by Crippen LogP contribution is -2.45. The zero-order chi connectivity index (χ0) is 14.3. The Morgan fingerprint density at radius 1 is 1.50 bits per heavy atom. The van der Waals surface area contributed by atoms with Crippen LogP contribution in [-0.4, -0.2) is 41.8 Å². The molecule has 3 heterocycles. The molecule has 2 aromatic heterocycles. The summed E-state index contributed by atoms with van der Waals surface area (Å²) in [6, 6.07) is 1.47. The van der Waals surface area contributed by atoms with E-state index in [1.165, 1.54) is 16.7 Å². The van der Waals surface area contributed by atoms with Crippen LogP contribution in [0.25, 0.3) is 11.0 Å². The van der Waals surface area contributed by atoms with Crippen molar-refractivity contribution in [3.63, 3.8) is 0 Å². The number of piperidine rings is 1. The molecule has 2 aromatic rings. The van der Waals surface area contributed by atoms with Gasteiger partial charge in [0.25, 0.3) is 0 Å². The third-order valence-electron chi connectivity index (χ3n) is 3.52. The molecular weight excluding hydrogens is 300 g/mol. The van der Waals surface area contributed by atoms with Crippen LogP contribution in [0.1, 0.15) is 12.8 Å². The van der Waals surface area contributed by atoms with E-state index >= 15 is 0 Å². The topological polar surface area (TPSA) is 92.1 Å². The van der Waals surface area contributed by atoms with E-state index in [4.69, 9.17) is 17.3 Å². The molecule has 8 heteroatoms. The number of nitrogens with zero attached hydrogens (tertiary/aromatic N) is 2. The molecule has 0 spiro atoms. The van der Waals surface area contributed by atoms with Crippen LogP contribution in [0, 0.1) is 0 Å². The smallest absolute Gasteiger partial charge is 0.245 e. The number of halogens is 1. The van der Waals surface area contributed by atoms with Crippen LogP contribution in [-0.2, 0) is 10.0 Å². The molecule has 0 amide bonds. The highest BCUT2D eigenvalue weighted by atomic mass is 35.5. The van der Waals surface area contributed by atoms with Crippen LogP contribution in [0.4, 0.5) is 0 Å². The van der Waals surface area contributed by atoms with Gasteiger partial charge in [0.1, 0.15) is 10.5 Å². The molecule has 6 nitrogen and oxygen atoms in total. The molecule has 0 aromatic carbocycles. The van der Waals surface area contributed by atoms with Gasteiger partial charge in [0.05, 0.1) is 10.4 Å². The molecule has 0 saturated carbocycles. The summed E-state index contributed by atoms with van der Waals surface area (Å²) in [6.07, 6.45) is 4.60. The molecule has 0 aliphatic carbocycles. The van der Waals surface area contributed by atoms with Crippen molar-refractivity contribution < 1.29 is 8.42 Å². The van der Waals surface area contributed by atoms with E-state index in [2.05, 4.69) is 9.97 Å². The van der Waals surface area contributed by atoms with Crippen LogP contribution >= 0.6 is 11.6 Å². The fraction of sp³-hybridized carbons (Fsp3) is 0.417. The van der Waals surface area contributed by atoms with Crippen molar-refractivity contribution in [2.75, 3.05) is 13.1 Å². The molecule has 0 bridgehead atoms. The van der Waals surface area contributed by atoms with Crippen molar-refractivity contribution in [2.24, 2.45) is 5.73 Å². The molecule has 1 aliphatic rings. The van der Waals surface area contributed by atoms with Gasteiger partial charge in [-0.25, -0.2) is 13.4 Å². The number of aromatic amines is 1. The van der Waals surface area contributed by atoms with Crippen LogP contribution < -0.4 is 5.73 Å². The van der Waals surface area contributed by atoms with Gasteiger partial charge in [-0.15, -0.1) is 0 Å². The number of sulfonamides is 1. The lowest BCUT2D eigenvalue weighted by atomic mass is 10.1. The first-order valence-electron chi connectivity index (χ1n) is 6.37. The van der Waals surface area contributed by atoms with Gasteiger partial charge < -0.3 is 10.7 Å². The summed E-state index contributed by atoms with van der Waals surface area (Å²) < 4.78 is 26.9. The highest BCUT2D eigenvalue weighted by molar-refractivity contribution is 7.89. The molecule has 1 saturated heterocycles. The maximum Gasteiger partial charge on any atom is 0.245 e. The largest absolute Gasteiger partial charge is 0.345 e. The number of aromatic nitrogens is 2. The molecule has 3 N–H and O–H groups in total. The van der Waals surface area contributed by atoms with Gasteiger partial charge in [0, 0.05) is 31.5 Å². The predicted octanol–water partition coefficient (Wildman–Crippen LogP) is 1.33. The van der Waals surface area contributed by atoms with E-state index in [1.54, 1.807) is 6.07 Å². The molecule has 1 atom stereocenters. The number of fused-ring (bicyclic) bond motifs is 1. The lowest BCUT2D eigenvalue weighted by Gasteiger charge is -2.29. The molecule has 20 heavy (non-hydrogen) atoms. The summed E-state index contributed by atoms with van der Waals surface area (Å²) in [5.41, 5.74) is 6.34. The van der Waals surface area contributed by atoms with Crippen LogP contribution in [0.2, 0.25) is 5.02 Å². The second-order valence-corrected chi connectivity index (χ2v) is 7.25. The number of nitrogens with two attached hydrogens (primary N) is 1. The minimum Gasteiger partial charge on any atom is -0.345 e. The maximum absolute atomic E-state index is 12.7. The standard InChI is InChI=1S/C12H15ClN4O2S/c13-9-3-4-15-12-11(9)10(6-16-12)20(18,19)17-5-1-2-8(14)7-17/h3-4,6,8H,1-2,5,7,14H2,(H,15,16). The van der Waals surface area contributed by atoms with E-state index in [0.29, 0.717) is 29.1 Å². The minimum absolute atomic E-state index is 0.114. The quantitative estimate of drug-likeness (QED) is 0.874. The van der Waals surface area contributed by atoms with E-state index < -0.39 is 10.0 Å². The normalized spacial score (nSPS) is 21.4. The number of rotatable bonds is 2. The van der Waals surface area contributed by atoms with Gasteiger partial charge in [0.15, 0.2) is 0 Å². The van der Waals surface area contributed by atoms with Gasteiger partial charge in [-0.2, -0.15) is 4.31 Å². The van der Waals surface area contributed by atoms with Crippen molar-refractivity contribution in [3.8, 4) is 0 Å². The van der Waals surface area contributed by atoms with E-state index in [9.17, 15) is 8.42 Å². The fourth-order valence-corrected chi connectivity index (χ4v) is 4.53. The highest BCUT2D eigenvalue weighted by Gasteiger charge is 2.31. The van der Waals surface area contributed by atoms with Crippen molar-refractivity contribution in [3.05, 3.63) is 23.5 Å². The Morgan fingerprint density at radius 3 is 3.05 bits per heavy atom. The van der Waals surface area contributed by atoms with Crippen LogP contribution in [0.15, 0.2) is 23.4 Å². The Morgan fingerprint density at radius 2 is 2.30 bits per heavy atom. The average Bonchev–Trinajstić information content (AvgIpc) is 2.85. The van der Waals surface area contributed by atoms with E-state index in [0.717, 1.165) is 12.8 Å². The van der Waals surface area contributed by atoms with Crippen LogP contribution in [0.5, 0.6) is 0 Å². The molecular formula is C12H15ClN4O2S. The fourth-order valence-electron chi connectivity index (χ4n) is 2.52. The van der Waals surface area contributed by atoms with E-state index in [1.807, 2.05) is 0 Å². The molecule has 0 radical (unpaired) electrons. The number of H-pyrrole nitrogens is 1. The van der Waals surface area contributed by atoms with Gasteiger partial charge in [-0.05, 0) is 18.9 Å². The third-order valence-corrected chi connectivity index (χ3v) is 5.73. The molecule has 1 fully saturated rings. The number of pyridine rings is 1. The molecule has 1 aliphatic heterocycles. The Kier molecular flexibility index (Phi) is 3.45. The van der Waals surface area contributed by atoms with Gasteiger partial charge >= 0.3 is 0 Å². The van der Waals surface area contributed by atoms with Crippen molar-refractivity contribution >= 4 is 32.7 Å². The number of hydrogen-bond donors (Lipinski definition) is 2. The first kappa shape index (κ1) is 13.8. The Bertz CT molecular complexity index is 743. The van der Waals surface area contributed by atoms with Crippen molar-refractivity contribution in [1.82, 2.24) is 14.3 Å². The Balaban J connectivity index is 2.10. The van der Waals surface area contributed by atoms with Crippen LogP contribution in [0.3, 0.4) is 0 Å². The Hall–Kier alpha value is -1.15. The SMILES string of the molecule is NC1CCCN(S(=O)(=O)c2c[nH]c3nccc(Cl)c23)C1. The summed E-state index contributed by atoms with van der Waals surface area (Å²) in [5.74, 6) is 0. The average molecular weight is 315 g/mol. The highest BCUT2D eigenvalue weighted by Crippen LogP contribution is 2.31. The zero-order valence-corrected chi connectivity index (χ0v) is 12.3. The summed E-state index contributed by atoms with van der Waals surface area (Å²) in [6.45, 7) is 0.827. The minimum atomic E-state index is -3.60. The first-order chi connectivity index (χ1) is 9.50. The summed E-state index contributed by atoms with van der Waals surface area (Å²) >= 11 is 6.11. The van der Waals surface area contributed by atoms with Crippen molar-refractivity contribution in [2.45, 2.75) is 23.8 Å². The number of hydrogen-bond acceptors (Lipinski definition) is 4. The van der Waals surface area contributed by atoms with E-state index in [-0.39, 0.29) is 10.9 Å². The summed E-state index contributed by atoms with van der Waals surface area (Å²) in [5, 5.41) is 0.810. The second kappa shape index (κ2) is 5.00. The molecule has 1 unspecified atom stereocenters. The summed E-state index contributed by atoms with van der Waals surface area (Å²) in [7, 11) is -3.60. The number of nitrogens with one attached hydrogen (secondary N) is 1. The van der Waals surface area contributed by atoms with Gasteiger partial charge in [-0.3, -0.25) is 0 Å². The van der Waals surface area contributed by atoms with Crippen molar-refractivity contribution in [1.29, 1.82) is 0 Å². The summed E-state index contributed by atoms with van der Waals surface area (Å²) in [4.78, 5) is 7.11. The predicted molar refractivity (Wildman–Crippen MR) is 77.1 cm³/mol. The zero-order valence-electron chi connectivity index (χ0n) is 10.7. The monoisotopic (exact) mass is 314 g/mol. The lowest BCUT2D eigenvalue weighted by molar-refractivity contribution is 0.316. The first-order valence-corrected chi connectivity index (χ1v) is 8.19. The van der Waals surface area contributed by atoms with Gasteiger partial charge in [-0.1, -0.05) is 11.6 Å². The Labute approximate surface area is 122 Å².